The summed E-state index contributed by atoms with van der Waals surface area (Å²) in [6.07, 6.45) is 0. The molecule has 6 nitrogen and oxygen atoms in total. The van der Waals surface area contributed by atoms with Gasteiger partial charge in [-0.3, -0.25) is 0 Å². The van der Waals surface area contributed by atoms with Gasteiger partial charge in [0.1, 0.15) is 5.60 Å². The minimum atomic E-state index is -1.18. The van der Waals surface area contributed by atoms with Crippen LogP contribution in [0.2, 0.25) is 0 Å². The summed E-state index contributed by atoms with van der Waals surface area (Å²) in [6, 6.07) is 7.60. The highest BCUT2D eigenvalue weighted by molar-refractivity contribution is 5.92. The Kier molecular flexibility index (Phi) is 5.02. The molecule has 2 aromatic carbocycles. The minimum Gasteiger partial charge on any atom is -0.378 e. The molecule has 1 aliphatic rings. The lowest BCUT2D eigenvalue weighted by Crippen LogP contribution is -2.26. The molecule has 0 unspecified atom stereocenters. The number of ether oxygens (including phenoxy) is 1. The van der Waals surface area contributed by atoms with Crippen LogP contribution in [0.5, 0.6) is 0 Å². The number of fused-ring (bicyclic) bond motifs is 2. The van der Waals surface area contributed by atoms with E-state index in [1.807, 2.05) is 0 Å². The first kappa shape index (κ1) is 20.0. The second-order valence-corrected chi connectivity index (χ2v) is 7.47. The molecule has 154 valence electrons. The molecule has 0 spiro atoms. The van der Waals surface area contributed by atoms with Gasteiger partial charge in [-0.05, 0) is 38.1 Å². The standard InChI is InChI=1S/C22H19F2N3O3/c1-22(2,29)9-8-13-4-3-5-17-14(13)12-30-11-10-27(17)20-18-16(25-21(28)26-20)7-6-15(23)19(18)24/h3-7,29H,10-12H2,1-2H3,(H,25,26,28). The summed E-state index contributed by atoms with van der Waals surface area (Å²) >= 11 is 0. The molecular formula is C22H19F2N3O3. The van der Waals surface area contributed by atoms with Crippen LogP contribution >= 0.6 is 0 Å². The molecule has 1 aromatic heterocycles. The van der Waals surface area contributed by atoms with Crippen molar-refractivity contribution in [2.75, 3.05) is 18.1 Å². The molecule has 0 saturated heterocycles. The summed E-state index contributed by atoms with van der Waals surface area (Å²) in [5, 5.41) is 9.82. The Morgan fingerprint density at radius 1 is 1.27 bits per heavy atom. The van der Waals surface area contributed by atoms with E-state index in [0.717, 1.165) is 6.07 Å². The van der Waals surface area contributed by atoms with E-state index in [1.54, 1.807) is 36.9 Å². The number of benzene rings is 2. The second-order valence-electron chi connectivity index (χ2n) is 7.47. The van der Waals surface area contributed by atoms with E-state index in [-0.39, 0.29) is 36.5 Å². The molecule has 2 N–H and O–H groups in total. The average Bonchev–Trinajstić information content (AvgIpc) is 2.91. The van der Waals surface area contributed by atoms with Gasteiger partial charge in [-0.15, -0.1) is 0 Å². The number of rotatable bonds is 1. The molecule has 0 radical (unpaired) electrons. The SMILES string of the molecule is CC(C)(O)C#Cc1cccc2c1COCCN2c1nc(=O)[nH]c2ccc(F)c(F)c12. The number of aromatic nitrogens is 2. The number of aliphatic hydroxyl groups is 1. The van der Waals surface area contributed by atoms with Crippen LogP contribution in [0.4, 0.5) is 20.3 Å². The molecule has 0 bridgehead atoms. The van der Waals surface area contributed by atoms with Crippen molar-refractivity contribution in [2.45, 2.75) is 26.1 Å². The maximum Gasteiger partial charge on any atom is 0.347 e. The Balaban J connectivity index is 1.96. The summed E-state index contributed by atoms with van der Waals surface area (Å²) in [5.41, 5.74) is 0.250. The van der Waals surface area contributed by atoms with Crippen LogP contribution in [0.25, 0.3) is 10.9 Å². The fourth-order valence-corrected chi connectivity index (χ4v) is 3.35. The van der Waals surface area contributed by atoms with E-state index >= 15 is 0 Å². The Morgan fingerprint density at radius 2 is 2.07 bits per heavy atom. The van der Waals surface area contributed by atoms with Crippen molar-refractivity contribution in [3.05, 3.63) is 63.6 Å². The zero-order chi connectivity index (χ0) is 21.5. The molecule has 0 aliphatic carbocycles. The zero-order valence-electron chi connectivity index (χ0n) is 16.4. The van der Waals surface area contributed by atoms with Crippen molar-refractivity contribution in [1.29, 1.82) is 0 Å². The smallest absolute Gasteiger partial charge is 0.347 e. The second kappa shape index (κ2) is 7.52. The number of hydrogen-bond donors (Lipinski definition) is 2. The maximum atomic E-state index is 14.7. The van der Waals surface area contributed by atoms with E-state index in [1.165, 1.54) is 6.07 Å². The van der Waals surface area contributed by atoms with Crippen LogP contribution in [-0.2, 0) is 11.3 Å². The quantitative estimate of drug-likeness (QED) is 0.602. The predicted octanol–water partition coefficient (Wildman–Crippen LogP) is 2.99. The fraction of sp³-hybridized carbons (Fsp3) is 0.273. The van der Waals surface area contributed by atoms with E-state index < -0.39 is 22.9 Å². The van der Waals surface area contributed by atoms with Crippen molar-refractivity contribution >= 4 is 22.4 Å². The summed E-state index contributed by atoms with van der Waals surface area (Å²) in [4.78, 5) is 20.2. The summed E-state index contributed by atoms with van der Waals surface area (Å²) in [5.74, 6) is 3.61. The predicted molar refractivity (Wildman–Crippen MR) is 109 cm³/mol. The van der Waals surface area contributed by atoms with Gasteiger partial charge in [0.25, 0.3) is 0 Å². The Bertz CT molecular complexity index is 1250. The lowest BCUT2D eigenvalue weighted by molar-refractivity contribution is 0.133. The maximum absolute atomic E-state index is 14.7. The summed E-state index contributed by atoms with van der Waals surface area (Å²) < 4.78 is 34.4. The molecule has 1 aliphatic heterocycles. The first-order valence-corrected chi connectivity index (χ1v) is 9.35. The van der Waals surface area contributed by atoms with Crippen LogP contribution in [0.3, 0.4) is 0 Å². The molecule has 0 amide bonds. The molecule has 2 heterocycles. The number of aromatic amines is 1. The van der Waals surface area contributed by atoms with Gasteiger partial charge in [0.15, 0.2) is 17.5 Å². The highest BCUT2D eigenvalue weighted by Crippen LogP contribution is 2.35. The third-order valence-corrected chi connectivity index (χ3v) is 4.67. The number of anilines is 2. The van der Waals surface area contributed by atoms with Crippen molar-refractivity contribution in [1.82, 2.24) is 9.97 Å². The average molecular weight is 411 g/mol. The zero-order valence-corrected chi connectivity index (χ0v) is 16.4. The molecule has 8 heteroatoms. The van der Waals surface area contributed by atoms with Crippen LogP contribution in [0, 0.1) is 23.5 Å². The lowest BCUT2D eigenvalue weighted by Gasteiger charge is -2.25. The highest BCUT2D eigenvalue weighted by atomic mass is 19.2. The summed E-state index contributed by atoms with van der Waals surface area (Å²) in [6.45, 7) is 3.94. The van der Waals surface area contributed by atoms with Crippen LogP contribution < -0.4 is 10.6 Å². The third-order valence-electron chi connectivity index (χ3n) is 4.67. The topological polar surface area (TPSA) is 78.5 Å². The normalized spacial score (nSPS) is 14.1. The number of halogens is 2. The fourth-order valence-electron chi connectivity index (χ4n) is 3.35. The van der Waals surface area contributed by atoms with Gasteiger partial charge in [-0.1, -0.05) is 17.9 Å². The number of nitrogens with one attached hydrogen (secondary N) is 1. The van der Waals surface area contributed by atoms with Gasteiger partial charge in [-0.25, -0.2) is 13.6 Å². The molecule has 3 aromatic rings. The van der Waals surface area contributed by atoms with Crippen molar-refractivity contribution in [3.63, 3.8) is 0 Å². The van der Waals surface area contributed by atoms with Crippen molar-refractivity contribution in [2.24, 2.45) is 0 Å². The van der Waals surface area contributed by atoms with Gasteiger partial charge in [0, 0.05) is 23.4 Å². The van der Waals surface area contributed by atoms with Crippen LogP contribution in [0.1, 0.15) is 25.0 Å². The van der Waals surface area contributed by atoms with E-state index in [9.17, 15) is 18.7 Å². The van der Waals surface area contributed by atoms with Crippen LogP contribution in [-0.4, -0.2) is 33.8 Å². The minimum absolute atomic E-state index is 0.00472. The number of H-pyrrole nitrogens is 1. The summed E-state index contributed by atoms with van der Waals surface area (Å²) in [7, 11) is 0. The third kappa shape index (κ3) is 3.77. The van der Waals surface area contributed by atoms with Gasteiger partial charge >= 0.3 is 5.69 Å². The van der Waals surface area contributed by atoms with E-state index in [0.29, 0.717) is 16.8 Å². The molecule has 4 rings (SSSR count). The molecular weight excluding hydrogens is 392 g/mol. The van der Waals surface area contributed by atoms with Gasteiger partial charge in [0.05, 0.1) is 24.1 Å². The van der Waals surface area contributed by atoms with Crippen LogP contribution in [0.15, 0.2) is 35.1 Å². The Labute approximate surface area is 171 Å². The van der Waals surface area contributed by atoms with Gasteiger partial charge in [0.2, 0.25) is 0 Å². The largest absolute Gasteiger partial charge is 0.378 e. The van der Waals surface area contributed by atoms with Gasteiger partial charge < -0.3 is 19.7 Å². The molecule has 30 heavy (non-hydrogen) atoms. The van der Waals surface area contributed by atoms with E-state index in [2.05, 4.69) is 21.8 Å². The lowest BCUT2D eigenvalue weighted by atomic mass is 10.0. The number of hydrogen-bond acceptors (Lipinski definition) is 5. The Hall–Kier alpha value is -3.28. The highest BCUT2D eigenvalue weighted by Gasteiger charge is 2.25. The van der Waals surface area contributed by atoms with E-state index in [4.69, 9.17) is 4.74 Å². The molecule has 0 saturated carbocycles. The first-order chi connectivity index (χ1) is 14.2. The van der Waals surface area contributed by atoms with Crippen molar-refractivity contribution < 1.29 is 18.6 Å². The monoisotopic (exact) mass is 411 g/mol. The Morgan fingerprint density at radius 3 is 2.83 bits per heavy atom. The number of nitrogens with zero attached hydrogens (tertiary/aromatic N) is 2. The molecule has 0 fully saturated rings. The van der Waals surface area contributed by atoms with Gasteiger partial charge in [-0.2, -0.15) is 4.98 Å². The first-order valence-electron chi connectivity index (χ1n) is 9.35. The van der Waals surface area contributed by atoms with Crippen molar-refractivity contribution in [3.8, 4) is 11.8 Å². The molecule has 0 atom stereocenters.